The van der Waals surface area contributed by atoms with E-state index in [9.17, 15) is 13.2 Å². The molecule has 114 valence electrons. The topological polar surface area (TPSA) is 122 Å². The van der Waals surface area contributed by atoms with Gasteiger partial charge in [0.05, 0.1) is 11.4 Å². The molecule has 1 aromatic heterocycles. The first kappa shape index (κ1) is 15.4. The molecule has 0 aliphatic rings. The Morgan fingerprint density at radius 2 is 2.00 bits per heavy atom. The van der Waals surface area contributed by atoms with Gasteiger partial charge >= 0.3 is 11.3 Å². The van der Waals surface area contributed by atoms with E-state index in [1.165, 1.54) is 16.8 Å². The Morgan fingerprint density at radius 3 is 2.52 bits per heavy atom. The van der Waals surface area contributed by atoms with Crippen molar-refractivity contribution in [2.75, 3.05) is 6.54 Å². The van der Waals surface area contributed by atoms with Crippen LogP contribution in [0.25, 0.3) is 0 Å². The van der Waals surface area contributed by atoms with E-state index in [0.717, 1.165) is 5.56 Å². The monoisotopic (exact) mass is 313 g/mol. The molecule has 1 heterocycles. The summed E-state index contributed by atoms with van der Waals surface area (Å²) >= 11 is 0. The standard InChI is InChI=1S/C12H16N4O4S/c1-16-11(12(17)20-15-16)8-14-7-6-9-2-4-10(5-3-9)21(13,18)19/h2-5,14H,6-8H2,1H3,(H2-,13,15,17,18,19)/p+1. The summed E-state index contributed by atoms with van der Waals surface area (Å²) in [6, 6.07) is 6.38. The van der Waals surface area contributed by atoms with E-state index < -0.39 is 15.6 Å². The van der Waals surface area contributed by atoms with E-state index in [4.69, 9.17) is 5.14 Å². The van der Waals surface area contributed by atoms with Crippen molar-refractivity contribution in [1.29, 1.82) is 0 Å². The maximum absolute atomic E-state index is 11.3. The fourth-order valence-electron chi connectivity index (χ4n) is 1.84. The predicted molar refractivity (Wildman–Crippen MR) is 73.7 cm³/mol. The zero-order chi connectivity index (χ0) is 15.5. The summed E-state index contributed by atoms with van der Waals surface area (Å²) in [7, 11) is -1.96. The van der Waals surface area contributed by atoms with Crippen LogP contribution in [0.5, 0.6) is 0 Å². The number of aromatic nitrogens is 2. The van der Waals surface area contributed by atoms with Crippen LogP contribution in [0.3, 0.4) is 0 Å². The first-order valence-electron chi connectivity index (χ1n) is 6.27. The molecule has 8 nitrogen and oxygen atoms in total. The third kappa shape index (κ3) is 4.00. The molecule has 0 atom stereocenters. The van der Waals surface area contributed by atoms with E-state index in [0.29, 0.717) is 25.2 Å². The van der Waals surface area contributed by atoms with Gasteiger partial charge in [-0.3, -0.25) is 4.52 Å². The van der Waals surface area contributed by atoms with Crippen LogP contribution in [-0.4, -0.2) is 20.2 Å². The molecule has 2 aromatic rings. The molecule has 0 aliphatic carbocycles. The van der Waals surface area contributed by atoms with Gasteiger partial charge in [0.1, 0.15) is 0 Å². The summed E-state index contributed by atoms with van der Waals surface area (Å²) in [5.74, 6) is 0. The van der Waals surface area contributed by atoms with Crippen LogP contribution in [-0.2, 0) is 30.0 Å². The van der Waals surface area contributed by atoms with Crippen molar-refractivity contribution in [2.45, 2.75) is 17.9 Å². The molecule has 0 fully saturated rings. The van der Waals surface area contributed by atoms with Gasteiger partial charge in [-0.25, -0.2) is 18.4 Å². The van der Waals surface area contributed by atoms with E-state index in [1.807, 2.05) is 0 Å². The lowest BCUT2D eigenvalue weighted by Gasteiger charge is -2.03. The SMILES string of the molecule is C[n+]1[nH]oc(=O)c1CNCCc1ccc(S(N)(=O)=O)cc1. The highest BCUT2D eigenvalue weighted by molar-refractivity contribution is 7.89. The molecule has 0 aliphatic heterocycles. The van der Waals surface area contributed by atoms with Crippen molar-refractivity contribution in [2.24, 2.45) is 12.2 Å². The van der Waals surface area contributed by atoms with Gasteiger partial charge in [0.25, 0.3) is 0 Å². The van der Waals surface area contributed by atoms with Gasteiger partial charge in [0.15, 0.2) is 7.05 Å². The number of nitrogens with zero attached hydrogens (tertiary/aromatic N) is 1. The second-order valence-corrected chi connectivity index (χ2v) is 6.16. The van der Waals surface area contributed by atoms with Crippen LogP contribution in [0, 0.1) is 0 Å². The largest absolute Gasteiger partial charge is 0.431 e. The lowest BCUT2D eigenvalue weighted by atomic mass is 10.1. The van der Waals surface area contributed by atoms with E-state index in [-0.39, 0.29) is 4.90 Å². The van der Waals surface area contributed by atoms with Gasteiger partial charge < -0.3 is 5.32 Å². The molecule has 21 heavy (non-hydrogen) atoms. The minimum atomic E-state index is -3.65. The summed E-state index contributed by atoms with van der Waals surface area (Å²) in [5, 5.41) is 10.6. The maximum Gasteiger partial charge on any atom is 0.431 e. The highest BCUT2D eigenvalue weighted by Gasteiger charge is 2.15. The Bertz CT molecular complexity index is 761. The van der Waals surface area contributed by atoms with Crippen molar-refractivity contribution >= 4 is 10.0 Å². The van der Waals surface area contributed by atoms with E-state index >= 15 is 0 Å². The highest BCUT2D eigenvalue weighted by atomic mass is 32.2. The molecule has 0 unspecified atom stereocenters. The number of nitrogens with two attached hydrogens (primary N) is 1. The highest BCUT2D eigenvalue weighted by Crippen LogP contribution is 2.08. The fraction of sp³-hybridized carbons (Fsp3) is 0.333. The molecule has 0 amide bonds. The number of primary sulfonamides is 1. The molecular formula is C12H17N4O4S+. The number of rotatable bonds is 6. The molecule has 0 saturated carbocycles. The van der Waals surface area contributed by atoms with E-state index in [2.05, 4.69) is 15.1 Å². The van der Waals surface area contributed by atoms with Crippen LogP contribution in [0.2, 0.25) is 0 Å². The van der Waals surface area contributed by atoms with Crippen molar-refractivity contribution < 1.29 is 17.6 Å². The molecule has 0 radical (unpaired) electrons. The fourth-order valence-corrected chi connectivity index (χ4v) is 2.35. The van der Waals surface area contributed by atoms with Crippen molar-refractivity contribution in [3.8, 4) is 0 Å². The van der Waals surface area contributed by atoms with Gasteiger partial charge in [-0.2, -0.15) is 0 Å². The van der Waals surface area contributed by atoms with Crippen molar-refractivity contribution in [3.05, 3.63) is 45.9 Å². The van der Waals surface area contributed by atoms with Gasteiger partial charge in [0.2, 0.25) is 10.0 Å². The van der Waals surface area contributed by atoms with Crippen LogP contribution in [0.15, 0.2) is 38.5 Å². The number of aromatic amines is 1. The normalized spacial score (nSPS) is 11.7. The number of hydrogen-bond donors (Lipinski definition) is 3. The third-order valence-electron chi connectivity index (χ3n) is 3.05. The summed E-state index contributed by atoms with van der Waals surface area (Å²) in [5.41, 5.74) is 1.07. The first-order chi connectivity index (χ1) is 9.88. The number of hydrogen-bond acceptors (Lipinski definition) is 5. The summed E-state index contributed by atoms with van der Waals surface area (Å²) in [4.78, 5) is 11.4. The summed E-state index contributed by atoms with van der Waals surface area (Å²) < 4.78 is 28.4. The zero-order valence-corrected chi connectivity index (χ0v) is 12.3. The Kier molecular flexibility index (Phi) is 4.56. The quantitative estimate of drug-likeness (QED) is 0.455. The molecule has 0 saturated heterocycles. The molecule has 1 aromatic carbocycles. The molecule has 2 rings (SSSR count). The minimum Gasteiger partial charge on any atom is -0.307 e. The number of sulfonamides is 1. The van der Waals surface area contributed by atoms with Crippen LogP contribution >= 0.6 is 0 Å². The van der Waals surface area contributed by atoms with Gasteiger partial charge in [-0.15, -0.1) is 0 Å². The second kappa shape index (κ2) is 6.20. The summed E-state index contributed by atoms with van der Waals surface area (Å²) in [6.07, 6.45) is 0.699. The van der Waals surface area contributed by atoms with Crippen LogP contribution in [0.4, 0.5) is 0 Å². The van der Waals surface area contributed by atoms with Crippen molar-refractivity contribution in [3.63, 3.8) is 0 Å². The molecule has 4 N–H and O–H groups in total. The maximum atomic E-state index is 11.3. The molecule has 0 bridgehead atoms. The van der Waals surface area contributed by atoms with Gasteiger partial charge in [0, 0.05) is 0 Å². The molecule has 9 heteroatoms. The second-order valence-electron chi connectivity index (χ2n) is 4.60. The predicted octanol–water partition coefficient (Wildman–Crippen LogP) is -1.23. The number of aryl methyl sites for hydroxylation is 1. The Balaban J connectivity index is 1.85. The lowest BCUT2D eigenvalue weighted by molar-refractivity contribution is -0.746. The minimum absolute atomic E-state index is 0.0937. The third-order valence-corrected chi connectivity index (χ3v) is 3.98. The van der Waals surface area contributed by atoms with E-state index in [1.54, 1.807) is 19.2 Å². The van der Waals surface area contributed by atoms with Gasteiger partial charge in [-0.1, -0.05) is 16.8 Å². The first-order valence-corrected chi connectivity index (χ1v) is 7.81. The molecule has 0 spiro atoms. The number of benzene rings is 1. The Hall–Kier alpha value is -1.97. The lowest BCUT2D eigenvalue weighted by Crippen LogP contribution is -2.39. The van der Waals surface area contributed by atoms with Crippen LogP contribution in [0.1, 0.15) is 11.3 Å². The number of H-pyrrole nitrogens is 1. The Morgan fingerprint density at radius 1 is 1.33 bits per heavy atom. The van der Waals surface area contributed by atoms with Crippen molar-refractivity contribution in [1.82, 2.24) is 10.6 Å². The number of nitrogens with one attached hydrogen (secondary N) is 2. The average molecular weight is 313 g/mol. The average Bonchev–Trinajstić information content (AvgIpc) is 2.74. The summed E-state index contributed by atoms with van der Waals surface area (Å²) in [6.45, 7) is 1.02. The van der Waals surface area contributed by atoms with Crippen LogP contribution < -0.4 is 20.8 Å². The molecular weight excluding hydrogens is 296 g/mol. The Labute approximate surface area is 121 Å². The van der Waals surface area contributed by atoms with Gasteiger partial charge in [-0.05, 0) is 35.9 Å². The zero-order valence-electron chi connectivity index (χ0n) is 11.5. The smallest absolute Gasteiger partial charge is 0.307 e.